The predicted octanol–water partition coefficient (Wildman–Crippen LogP) is 3.24. The van der Waals surface area contributed by atoms with Crippen molar-refractivity contribution < 1.29 is 14.4 Å². The molecule has 4 aromatic rings. The highest BCUT2D eigenvalue weighted by Gasteiger charge is 2.18. The zero-order valence-corrected chi connectivity index (χ0v) is 16.2. The summed E-state index contributed by atoms with van der Waals surface area (Å²) in [5, 5.41) is 22.4. The molecule has 0 bridgehead atoms. The quantitative estimate of drug-likeness (QED) is 0.568. The maximum absolute atomic E-state index is 10.0. The molecular formula is C20H21N5O3. The van der Waals surface area contributed by atoms with Crippen molar-refractivity contribution in [3.8, 4) is 28.6 Å². The maximum atomic E-state index is 10.0. The number of methoxy groups -OCH3 is 1. The van der Waals surface area contributed by atoms with Crippen LogP contribution in [0.5, 0.6) is 5.75 Å². The number of rotatable bonds is 5. The molecule has 0 spiro atoms. The third-order valence-electron chi connectivity index (χ3n) is 4.32. The molecule has 0 aliphatic heterocycles. The summed E-state index contributed by atoms with van der Waals surface area (Å²) in [5.41, 5.74) is 3.23. The Bertz CT molecular complexity index is 1140. The van der Waals surface area contributed by atoms with Crippen molar-refractivity contribution in [1.29, 1.82) is 0 Å². The number of hydrogen-bond acceptors (Lipinski definition) is 7. The van der Waals surface area contributed by atoms with Crippen LogP contribution in [0.3, 0.4) is 0 Å². The van der Waals surface area contributed by atoms with Crippen molar-refractivity contribution in [2.24, 2.45) is 0 Å². The molecule has 2 aromatic carbocycles. The van der Waals surface area contributed by atoms with Crippen molar-refractivity contribution in [3.05, 3.63) is 42.0 Å². The summed E-state index contributed by atoms with van der Waals surface area (Å²) < 4.78 is 12.6. The fraction of sp³-hybridized carbons (Fsp3) is 0.300. The van der Waals surface area contributed by atoms with Crippen molar-refractivity contribution in [3.63, 3.8) is 0 Å². The Hall–Kier alpha value is -3.26. The van der Waals surface area contributed by atoms with Gasteiger partial charge in [0.2, 0.25) is 5.82 Å². The molecule has 2 aromatic heterocycles. The molecule has 0 radical (unpaired) electrons. The summed E-state index contributed by atoms with van der Waals surface area (Å²) in [6.45, 7) is 5.80. The largest absolute Gasteiger partial charge is 0.496 e. The molecule has 2 heterocycles. The van der Waals surface area contributed by atoms with Gasteiger partial charge in [-0.05, 0) is 51.1 Å². The molecule has 28 heavy (non-hydrogen) atoms. The Labute approximate surface area is 161 Å². The van der Waals surface area contributed by atoms with E-state index in [9.17, 15) is 5.11 Å². The zero-order valence-electron chi connectivity index (χ0n) is 16.2. The second-order valence-electron chi connectivity index (χ2n) is 7.39. The Balaban J connectivity index is 1.69. The molecule has 0 aliphatic rings. The van der Waals surface area contributed by atoms with Gasteiger partial charge in [-0.15, -0.1) is 5.10 Å². The van der Waals surface area contributed by atoms with Gasteiger partial charge in [-0.3, -0.25) is 0 Å². The number of ether oxygens (including phenoxy) is 1. The minimum absolute atomic E-state index is 0.348. The van der Waals surface area contributed by atoms with E-state index in [1.165, 1.54) is 0 Å². The maximum Gasteiger partial charge on any atom is 0.258 e. The molecule has 8 heteroatoms. The number of benzene rings is 2. The molecule has 1 N–H and O–H groups in total. The van der Waals surface area contributed by atoms with Gasteiger partial charge in [0, 0.05) is 5.56 Å². The van der Waals surface area contributed by atoms with E-state index in [1.54, 1.807) is 25.6 Å². The van der Waals surface area contributed by atoms with Gasteiger partial charge >= 0.3 is 0 Å². The van der Waals surface area contributed by atoms with Gasteiger partial charge < -0.3 is 14.4 Å². The van der Waals surface area contributed by atoms with Crippen LogP contribution in [0.2, 0.25) is 0 Å². The highest BCUT2D eigenvalue weighted by atomic mass is 16.5. The molecule has 4 rings (SSSR count). The summed E-state index contributed by atoms with van der Waals surface area (Å²) in [7, 11) is 1.61. The first-order chi connectivity index (χ1) is 13.3. The first-order valence-corrected chi connectivity index (χ1v) is 8.89. The van der Waals surface area contributed by atoms with Crippen LogP contribution < -0.4 is 4.74 Å². The summed E-state index contributed by atoms with van der Waals surface area (Å²) >= 11 is 0. The van der Waals surface area contributed by atoms with Gasteiger partial charge in [0.15, 0.2) is 0 Å². The van der Waals surface area contributed by atoms with Crippen LogP contribution in [-0.4, -0.2) is 43.0 Å². The summed E-state index contributed by atoms with van der Waals surface area (Å²) in [5.74, 6) is 1.53. The molecule has 0 amide bonds. The number of aryl methyl sites for hydroxylation is 1. The molecule has 0 unspecified atom stereocenters. The lowest BCUT2D eigenvalue weighted by Gasteiger charge is -2.16. The standard InChI is InChI=1S/C20H21N5O3/c1-12-5-8-17(27-4)14(9-12)18-21-19(28-23-18)13-6-7-16-15(10-13)22-24-25(16)11-20(2,3)26/h5-10,26H,11H2,1-4H3. The van der Waals surface area contributed by atoms with E-state index in [2.05, 4.69) is 20.5 Å². The topological polar surface area (TPSA) is 99.1 Å². The van der Waals surface area contributed by atoms with Gasteiger partial charge in [0.25, 0.3) is 5.89 Å². The monoisotopic (exact) mass is 379 g/mol. The molecule has 0 saturated heterocycles. The second-order valence-corrected chi connectivity index (χ2v) is 7.39. The van der Waals surface area contributed by atoms with Gasteiger partial charge in [-0.1, -0.05) is 22.0 Å². The second kappa shape index (κ2) is 6.72. The highest BCUT2D eigenvalue weighted by Crippen LogP contribution is 2.31. The van der Waals surface area contributed by atoms with Crippen molar-refractivity contribution in [2.75, 3.05) is 7.11 Å². The predicted molar refractivity (Wildman–Crippen MR) is 104 cm³/mol. The number of aromatic nitrogens is 5. The number of hydrogen-bond donors (Lipinski definition) is 1. The number of nitrogens with zero attached hydrogens (tertiary/aromatic N) is 5. The van der Waals surface area contributed by atoms with E-state index in [-0.39, 0.29) is 0 Å². The Morgan fingerprint density at radius 2 is 2.00 bits per heavy atom. The smallest absolute Gasteiger partial charge is 0.258 e. The molecular weight excluding hydrogens is 358 g/mol. The molecule has 0 aliphatic carbocycles. The minimum atomic E-state index is -0.881. The SMILES string of the molecule is COc1ccc(C)cc1-c1noc(-c2ccc3c(c2)nnn3CC(C)(C)O)n1. The van der Waals surface area contributed by atoms with Crippen LogP contribution in [0, 0.1) is 6.92 Å². The van der Waals surface area contributed by atoms with Crippen molar-refractivity contribution >= 4 is 11.0 Å². The molecule has 8 nitrogen and oxygen atoms in total. The molecule has 144 valence electrons. The third-order valence-corrected chi connectivity index (χ3v) is 4.32. The summed E-state index contributed by atoms with van der Waals surface area (Å²) in [6, 6.07) is 11.4. The van der Waals surface area contributed by atoms with E-state index < -0.39 is 5.60 Å². The van der Waals surface area contributed by atoms with Crippen LogP contribution in [-0.2, 0) is 6.54 Å². The zero-order chi connectivity index (χ0) is 19.9. The third kappa shape index (κ3) is 3.46. The van der Waals surface area contributed by atoms with Crippen LogP contribution >= 0.6 is 0 Å². The van der Waals surface area contributed by atoms with E-state index in [0.717, 1.165) is 22.2 Å². The van der Waals surface area contributed by atoms with E-state index in [4.69, 9.17) is 9.26 Å². The van der Waals surface area contributed by atoms with Crippen LogP contribution in [0.15, 0.2) is 40.9 Å². The Morgan fingerprint density at radius 3 is 2.75 bits per heavy atom. The fourth-order valence-electron chi connectivity index (χ4n) is 3.04. The van der Waals surface area contributed by atoms with Gasteiger partial charge in [0.05, 0.1) is 30.3 Å². The minimum Gasteiger partial charge on any atom is -0.496 e. The summed E-state index contributed by atoms with van der Waals surface area (Å²) in [6.07, 6.45) is 0. The highest BCUT2D eigenvalue weighted by molar-refractivity contribution is 5.80. The van der Waals surface area contributed by atoms with E-state index in [1.807, 2.05) is 43.3 Å². The normalized spacial score (nSPS) is 11.9. The lowest BCUT2D eigenvalue weighted by Crippen LogP contribution is -2.26. The first-order valence-electron chi connectivity index (χ1n) is 8.89. The fourth-order valence-corrected chi connectivity index (χ4v) is 3.04. The number of fused-ring (bicyclic) bond motifs is 1. The summed E-state index contributed by atoms with van der Waals surface area (Å²) in [4.78, 5) is 4.52. The van der Waals surface area contributed by atoms with Crippen molar-refractivity contribution in [2.45, 2.75) is 32.9 Å². The van der Waals surface area contributed by atoms with Gasteiger partial charge in [0.1, 0.15) is 11.3 Å². The number of aliphatic hydroxyl groups is 1. The van der Waals surface area contributed by atoms with E-state index >= 15 is 0 Å². The van der Waals surface area contributed by atoms with E-state index in [0.29, 0.717) is 29.5 Å². The Kier molecular flexibility index (Phi) is 4.35. The van der Waals surface area contributed by atoms with Crippen molar-refractivity contribution in [1.82, 2.24) is 25.1 Å². The van der Waals surface area contributed by atoms with Crippen LogP contribution in [0.4, 0.5) is 0 Å². The first kappa shape index (κ1) is 18.1. The molecule has 0 atom stereocenters. The Morgan fingerprint density at radius 1 is 1.18 bits per heavy atom. The van der Waals surface area contributed by atoms with Crippen LogP contribution in [0.1, 0.15) is 19.4 Å². The van der Waals surface area contributed by atoms with Crippen LogP contribution in [0.25, 0.3) is 33.9 Å². The lowest BCUT2D eigenvalue weighted by molar-refractivity contribution is 0.0585. The molecule has 0 fully saturated rings. The van der Waals surface area contributed by atoms with Gasteiger partial charge in [-0.25, -0.2) is 4.68 Å². The average Bonchev–Trinajstić information content (AvgIpc) is 3.28. The lowest BCUT2D eigenvalue weighted by atomic mass is 10.1. The average molecular weight is 379 g/mol. The molecule has 0 saturated carbocycles. The van der Waals surface area contributed by atoms with Gasteiger partial charge in [-0.2, -0.15) is 4.98 Å².